The number of para-hydroxylation sites is 3. The van der Waals surface area contributed by atoms with Crippen molar-refractivity contribution in [2.24, 2.45) is 0 Å². The molecule has 9 heteroatoms. The lowest BCUT2D eigenvalue weighted by Crippen LogP contribution is -2.38. The third-order valence-corrected chi connectivity index (χ3v) is 6.79. The number of nitro benzene ring substituents is 1. The number of nitrogens with one attached hydrogen (secondary N) is 1. The van der Waals surface area contributed by atoms with E-state index in [0.29, 0.717) is 12.1 Å². The molecule has 0 aliphatic rings. The summed E-state index contributed by atoms with van der Waals surface area (Å²) in [6.07, 6.45) is 0.689. The van der Waals surface area contributed by atoms with Crippen molar-refractivity contribution >= 4 is 33.0 Å². The molecule has 0 heterocycles. The summed E-state index contributed by atoms with van der Waals surface area (Å²) < 4.78 is 27.8. The van der Waals surface area contributed by atoms with Gasteiger partial charge in [0.15, 0.2) is 4.90 Å². The van der Waals surface area contributed by atoms with Crippen molar-refractivity contribution in [2.75, 3.05) is 16.2 Å². The first-order valence-corrected chi connectivity index (χ1v) is 11.4. The summed E-state index contributed by atoms with van der Waals surface area (Å²) in [5.74, 6) is -0.556. The SMILES string of the molecule is CCc1cccc(C)c1NC(=O)CN(c1ccccc1)S(=O)(=O)c1ccccc1[N+](=O)[O-]. The first-order chi connectivity index (χ1) is 15.3. The van der Waals surface area contributed by atoms with E-state index in [0.717, 1.165) is 27.6 Å². The molecule has 1 amide bonds. The Bertz CT molecular complexity index is 1240. The second-order valence-electron chi connectivity index (χ2n) is 7.08. The minimum atomic E-state index is -4.41. The first kappa shape index (κ1) is 23.0. The van der Waals surface area contributed by atoms with Crippen molar-refractivity contribution in [3.63, 3.8) is 0 Å². The molecule has 0 fully saturated rings. The van der Waals surface area contributed by atoms with Gasteiger partial charge in [0.05, 0.1) is 10.6 Å². The van der Waals surface area contributed by atoms with Crippen LogP contribution < -0.4 is 9.62 Å². The van der Waals surface area contributed by atoms with Crippen LogP contribution in [0.2, 0.25) is 0 Å². The Morgan fingerprint density at radius 2 is 1.66 bits per heavy atom. The van der Waals surface area contributed by atoms with Crippen molar-refractivity contribution in [1.82, 2.24) is 0 Å². The van der Waals surface area contributed by atoms with Crippen molar-refractivity contribution < 1.29 is 18.1 Å². The van der Waals surface area contributed by atoms with Gasteiger partial charge >= 0.3 is 0 Å². The van der Waals surface area contributed by atoms with Crippen LogP contribution in [0.25, 0.3) is 0 Å². The number of nitrogens with zero attached hydrogens (tertiary/aromatic N) is 2. The molecule has 0 radical (unpaired) electrons. The largest absolute Gasteiger partial charge is 0.324 e. The maximum atomic E-state index is 13.5. The number of carbonyl (C=O) groups excluding carboxylic acids is 1. The number of aryl methyl sites for hydroxylation is 2. The summed E-state index contributed by atoms with van der Waals surface area (Å²) in [5.41, 5.74) is 2.08. The highest BCUT2D eigenvalue weighted by Gasteiger charge is 2.33. The first-order valence-electron chi connectivity index (χ1n) is 9.95. The molecular weight excluding hydrogens is 430 g/mol. The topological polar surface area (TPSA) is 110 Å². The summed E-state index contributed by atoms with van der Waals surface area (Å²) in [5, 5.41) is 14.3. The van der Waals surface area contributed by atoms with E-state index in [4.69, 9.17) is 0 Å². The second kappa shape index (κ2) is 9.61. The summed E-state index contributed by atoms with van der Waals surface area (Å²) in [6.45, 7) is 3.27. The van der Waals surface area contributed by atoms with E-state index >= 15 is 0 Å². The van der Waals surface area contributed by atoms with Gasteiger partial charge in [-0.15, -0.1) is 0 Å². The fourth-order valence-electron chi connectivity index (χ4n) is 3.37. The lowest BCUT2D eigenvalue weighted by molar-refractivity contribution is -0.387. The Hall–Kier alpha value is -3.72. The fourth-order valence-corrected chi connectivity index (χ4v) is 4.95. The molecule has 3 aromatic carbocycles. The minimum absolute atomic E-state index is 0.223. The van der Waals surface area contributed by atoms with Gasteiger partial charge in [-0.1, -0.05) is 55.5 Å². The molecule has 0 aromatic heterocycles. The van der Waals surface area contributed by atoms with Crippen molar-refractivity contribution in [3.8, 4) is 0 Å². The molecule has 0 saturated carbocycles. The number of hydrogen-bond acceptors (Lipinski definition) is 5. The molecule has 0 aliphatic heterocycles. The van der Waals surface area contributed by atoms with Crippen LogP contribution in [0.4, 0.5) is 17.1 Å². The Labute approximate surface area is 186 Å². The predicted octanol–water partition coefficient (Wildman–Crippen LogP) is 4.30. The van der Waals surface area contributed by atoms with Crippen LogP contribution in [0.3, 0.4) is 0 Å². The van der Waals surface area contributed by atoms with Gasteiger partial charge in [-0.25, -0.2) is 8.42 Å². The number of hydrogen-bond donors (Lipinski definition) is 1. The predicted molar refractivity (Wildman–Crippen MR) is 123 cm³/mol. The summed E-state index contributed by atoms with van der Waals surface area (Å²) >= 11 is 0. The lowest BCUT2D eigenvalue weighted by Gasteiger charge is -2.24. The zero-order valence-electron chi connectivity index (χ0n) is 17.7. The van der Waals surface area contributed by atoms with Gasteiger partial charge in [0.2, 0.25) is 5.91 Å². The Kier molecular flexibility index (Phi) is 6.89. The van der Waals surface area contributed by atoms with E-state index in [9.17, 15) is 23.3 Å². The fraction of sp³-hybridized carbons (Fsp3) is 0.174. The number of amides is 1. The third kappa shape index (κ3) is 4.78. The van der Waals surface area contributed by atoms with Crippen molar-refractivity contribution in [1.29, 1.82) is 0 Å². The van der Waals surface area contributed by atoms with Crippen LogP contribution in [-0.2, 0) is 21.2 Å². The monoisotopic (exact) mass is 453 g/mol. The smallest absolute Gasteiger partial charge is 0.289 e. The zero-order chi connectivity index (χ0) is 23.3. The van der Waals surface area contributed by atoms with Crippen LogP contribution in [0.5, 0.6) is 0 Å². The van der Waals surface area contributed by atoms with E-state index in [1.54, 1.807) is 18.2 Å². The highest BCUT2D eigenvalue weighted by atomic mass is 32.2. The van der Waals surface area contributed by atoms with Crippen LogP contribution in [0.15, 0.2) is 77.7 Å². The van der Waals surface area contributed by atoms with Crippen LogP contribution in [0.1, 0.15) is 18.1 Å². The zero-order valence-corrected chi connectivity index (χ0v) is 18.5. The number of anilines is 2. The van der Waals surface area contributed by atoms with Crippen LogP contribution >= 0.6 is 0 Å². The van der Waals surface area contributed by atoms with Crippen molar-refractivity contribution in [2.45, 2.75) is 25.2 Å². The molecule has 0 spiro atoms. The van der Waals surface area contributed by atoms with Crippen LogP contribution in [-0.4, -0.2) is 25.8 Å². The summed E-state index contributed by atoms with van der Waals surface area (Å²) in [4.78, 5) is 23.2. The molecule has 0 aliphatic carbocycles. The molecule has 0 unspecified atom stereocenters. The molecule has 1 N–H and O–H groups in total. The molecule has 3 aromatic rings. The molecule has 32 heavy (non-hydrogen) atoms. The normalized spacial score (nSPS) is 11.1. The molecule has 8 nitrogen and oxygen atoms in total. The van der Waals surface area contributed by atoms with E-state index in [-0.39, 0.29) is 5.69 Å². The van der Waals surface area contributed by atoms with E-state index in [1.807, 2.05) is 32.0 Å². The molecule has 0 atom stereocenters. The highest BCUT2D eigenvalue weighted by molar-refractivity contribution is 7.93. The maximum Gasteiger partial charge on any atom is 0.289 e. The van der Waals surface area contributed by atoms with Crippen molar-refractivity contribution in [3.05, 3.63) is 94.0 Å². The Morgan fingerprint density at radius 1 is 1.00 bits per heavy atom. The van der Waals surface area contributed by atoms with E-state index in [1.165, 1.54) is 24.3 Å². The average molecular weight is 454 g/mol. The third-order valence-electron chi connectivity index (χ3n) is 4.97. The number of sulfonamides is 1. The average Bonchev–Trinajstić information content (AvgIpc) is 2.79. The van der Waals surface area contributed by atoms with Gasteiger partial charge < -0.3 is 5.32 Å². The van der Waals surface area contributed by atoms with E-state index in [2.05, 4.69) is 5.32 Å². The quantitative estimate of drug-likeness (QED) is 0.404. The summed E-state index contributed by atoms with van der Waals surface area (Å²) in [6, 6.07) is 18.8. The Balaban J connectivity index is 2.02. The maximum absolute atomic E-state index is 13.5. The summed E-state index contributed by atoms with van der Waals surface area (Å²) in [7, 11) is -4.41. The number of carbonyl (C=O) groups is 1. The molecule has 166 valence electrons. The number of benzene rings is 3. The van der Waals surface area contributed by atoms with Gasteiger partial charge in [-0.2, -0.15) is 0 Å². The number of nitro groups is 1. The van der Waals surface area contributed by atoms with Gasteiger partial charge in [-0.05, 0) is 42.7 Å². The van der Waals surface area contributed by atoms with Gasteiger partial charge in [0.25, 0.3) is 15.7 Å². The lowest BCUT2D eigenvalue weighted by atomic mass is 10.1. The van der Waals surface area contributed by atoms with Crippen LogP contribution in [0, 0.1) is 17.0 Å². The molecular formula is C23H23N3O5S. The molecule has 0 bridgehead atoms. The number of rotatable bonds is 8. The highest BCUT2D eigenvalue weighted by Crippen LogP contribution is 2.30. The molecule has 3 rings (SSSR count). The standard InChI is InChI=1S/C23H23N3O5S/c1-3-18-11-9-10-17(2)23(18)24-22(27)16-25(19-12-5-4-6-13-19)32(30,31)21-15-8-7-14-20(21)26(28)29/h4-15H,3,16H2,1-2H3,(H,24,27). The molecule has 0 saturated heterocycles. The minimum Gasteiger partial charge on any atom is -0.324 e. The van der Waals surface area contributed by atoms with Gasteiger partial charge in [0.1, 0.15) is 6.54 Å². The van der Waals surface area contributed by atoms with E-state index < -0.39 is 38.0 Å². The van der Waals surface area contributed by atoms with Gasteiger partial charge in [-0.3, -0.25) is 19.2 Å². The van der Waals surface area contributed by atoms with Gasteiger partial charge in [0, 0.05) is 11.8 Å². The Morgan fingerprint density at radius 3 is 2.31 bits per heavy atom. The second-order valence-corrected chi connectivity index (χ2v) is 8.91.